The first kappa shape index (κ1) is 22.1. The highest BCUT2D eigenvalue weighted by Crippen LogP contribution is 2.24. The van der Waals surface area contributed by atoms with Crippen molar-refractivity contribution in [1.82, 2.24) is 19.3 Å². The van der Waals surface area contributed by atoms with Crippen molar-refractivity contribution in [3.63, 3.8) is 0 Å². The Balaban J connectivity index is 1.31. The van der Waals surface area contributed by atoms with Crippen LogP contribution in [-0.4, -0.2) is 53.9 Å². The third kappa shape index (κ3) is 4.39. The SMILES string of the molecule is Cc1ccc(Nc2cc(N3CCN(S(=O)(=O)c4ccc5oc(=O)[nH]c5c4)CC3)nc(C)n2)cc1. The molecule has 0 spiro atoms. The van der Waals surface area contributed by atoms with E-state index in [2.05, 4.69) is 25.2 Å². The molecule has 0 unspecified atom stereocenters. The number of oxazole rings is 1. The zero-order valence-corrected chi connectivity index (χ0v) is 19.6. The van der Waals surface area contributed by atoms with Crippen LogP contribution in [0.25, 0.3) is 11.1 Å². The summed E-state index contributed by atoms with van der Waals surface area (Å²) in [5.74, 6) is 1.44. The summed E-state index contributed by atoms with van der Waals surface area (Å²) in [6.45, 7) is 5.47. The number of benzene rings is 2. The molecule has 0 bridgehead atoms. The van der Waals surface area contributed by atoms with Crippen LogP contribution in [0.15, 0.2) is 62.6 Å². The Morgan fingerprint density at radius 2 is 1.71 bits per heavy atom. The van der Waals surface area contributed by atoms with E-state index in [1.807, 2.05) is 44.2 Å². The molecule has 0 atom stereocenters. The number of hydrogen-bond acceptors (Lipinski definition) is 8. The van der Waals surface area contributed by atoms with Gasteiger partial charge in [0.05, 0.1) is 10.4 Å². The minimum atomic E-state index is -3.71. The number of fused-ring (bicyclic) bond motifs is 1. The first-order valence-corrected chi connectivity index (χ1v) is 12.3. The van der Waals surface area contributed by atoms with E-state index in [1.54, 1.807) is 0 Å². The standard InChI is InChI=1S/C23H24N6O4S/c1-15-3-5-17(6-4-15)26-21-14-22(25-16(2)24-21)28-9-11-29(12-10-28)34(31,32)18-7-8-20-19(13-18)27-23(30)33-20/h3-8,13-14H,9-12H2,1-2H3,(H,27,30)(H,24,25,26). The van der Waals surface area contributed by atoms with Gasteiger partial charge >= 0.3 is 5.76 Å². The topological polar surface area (TPSA) is 124 Å². The van der Waals surface area contributed by atoms with Crippen molar-refractivity contribution in [3.8, 4) is 0 Å². The Hall–Kier alpha value is -3.70. The second kappa shape index (κ2) is 8.58. The van der Waals surface area contributed by atoms with Crippen molar-refractivity contribution < 1.29 is 12.8 Å². The Labute approximate surface area is 196 Å². The van der Waals surface area contributed by atoms with Crippen molar-refractivity contribution >= 4 is 38.4 Å². The van der Waals surface area contributed by atoms with Gasteiger partial charge in [-0.1, -0.05) is 17.7 Å². The lowest BCUT2D eigenvalue weighted by atomic mass is 10.2. The van der Waals surface area contributed by atoms with Crippen LogP contribution in [0.4, 0.5) is 17.3 Å². The zero-order chi connectivity index (χ0) is 23.9. The molecule has 2 N–H and O–H groups in total. The first-order valence-electron chi connectivity index (χ1n) is 10.9. The number of sulfonamides is 1. The molecule has 10 nitrogen and oxygen atoms in total. The molecular formula is C23H24N6O4S. The highest BCUT2D eigenvalue weighted by Gasteiger charge is 2.29. The number of aryl methyl sites for hydroxylation is 2. The number of aromatic amines is 1. The summed E-state index contributed by atoms with van der Waals surface area (Å²) in [7, 11) is -3.71. The van der Waals surface area contributed by atoms with Gasteiger partial charge in [0.15, 0.2) is 5.58 Å². The number of piperazine rings is 1. The van der Waals surface area contributed by atoms with E-state index >= 15 is 0 Å². The van der Waals surface area contributed by atoms with Crippen LogP contribution in [0.3, 0.4) is 0 Å². The van der Waals surface area contributed by atoms with E-state index in [0.717, 1.165) is 11.5 Å². The molecule has 1 saturated heterocycles. The van der Waals surface area contributed by atoms with Gasteiger partial charge in [0.25, 0.3) is 0 Å². The Kier molecular flexibility index (Phi) is 5.58. The van der Waals surface area contributed by atoms with Crippen LogP contribution < -0.4 is 16.0 Å². The van der Waals surface area contributed by atoms with Gasteiger partial charge in [-0.15, -0.1) is 0 Å². The van der Waals surface area contributed by atoms with E-state index in [9.17, 15) is 13.2 Å². The van der Waals surface area contributed by atoms with Gasteiger partial charge in [-0.2, -0.15) is 4.31 Å². The molecule has 0 amide bonds. The predicted molar refractivity (Wildman–Crippen MR) is 129 cm³/mol. The van der Waals surface area contributed by atoms with Gasteiger partial charge < -0.3 is 14.6 Å². The fourth-order valence-electron chi connectivity index (χ4n) is 3.96. The Morgan fingerprint density at radius 1 is 0.971 bits per heavy atom. The molecule has 0 radical (unpaired) electrons. The average Bonchev–Trinajstić information content (AvgIpc) is 3.19. The molecule has 0 saturated carbocycles. The molecule has 1 fully saturated rings. The number of nitrogens with zero attached hydrogens (tertiary/aromatic N) is 4. The number of aromatic nitrogens is 3. The number of nitrogens with one attached hydrogen (secondary N) is 2. The van der Waals surface area contributed by atoms with Crippen LogP contribution >= 0.6 is 0 Å². The number of anilines is 3. The van der Waals surface area contributed by atoms with Crippen LogP contribution in [0.2, 0.25) is 0 Å². The van der Waals surface area contributed by atoms with Crippen molar-refractivity contribution in [2.45, 2.75) is 18.7 Å². The lowest BCUT2D eigenvalue weighted by molar-refractivity contribution is 0.383. The van der Waals surface area contributed by atoms with Gasteiger partial charge in [-0.05, 0) is 44.2 Å². The number of H-pyrrole nitrogens is 1. The number of rotatable bonds is 5. The minimum Gasteiger partial charge on any atom is -0.408 e. The van der Waals surface area contributed by atoms with Crippen LogP contribution in [0, 0.1) is 13.8 Å². The normalized spacial score (nSPS) is 15.1. The van der Waals surface area contributed by atoms with Gasteiger partial charge in [0.1, 0.15) is 17.5 Å². The maximum atomic E-state index is 13.2. The summed E-state index contributed by atoms with van der Waals surface area (Å²) in [6, 6.07) is 14.3. The monoisotopic (exact) mass is 480 g/mol. The second-order valence-electron chi connectivity index (χ2n) is 8.21. The van der Waals surface area contributed by atoms with Crippen LogP contribution in [0.5, 0.6) is 0 Å². The maximum Gasteiger partial charge on any atom is 0.417 e. The third-order valence-corrected chi connectivity index (χ3v) is 7.63. The van der Waals surface area contributed by atoms with E-state index in [1.165, 1.54) is 28.1 Å². The molecule has 11 heteroatoms. The van der Waals surface area contributed by atoms with Gasteiger partial charge in [-0.25, -0.2) is 23.2 Å². The van der Waals surface area contributed by atoms with Crippen molar-refractivity contribution in [3.05, 3.63) is 70.5 Å². The van der Waals surface area contributed by atoms with Crippen molar-refractivity contribution in [1.29, 1.82) is 0 Å². The summed E-state index contributed by atoms with van der Waals surface area (Å²) in [5.41, 5.74) is 2.79. The molecule has 2 aromatic heterocycles. The van der Waals surface area contributed by atoms with Gasteiger partial charge in [0, 0.05) is 37.9 Å². The lowest BCUT2D eigenvalue weighted by Gasteiger charge is -2.34. The molecule has 0 aliphatic carbocycles. The fraction of sp³-hybridized carbons (Fsp3) is 0.261. The maximum absolute atomic E-state index is 13.2. The van der Waals surface area contributed by atoms with E-state index in [-0.39, 0.29) is 4.90 Å². The Bertz CT molecular complexity index is 1500. The second-order valence-corrected chi connectivity index (χ2v) is 10.2. The zero-order valence-electron chi connectivity index (χ0n) is 18.8. The fourth-order valence-corrected chi connectivity index (χ4v) is 5.41. The minimum absolute atomic E-state index is 0.118. The molecule has 1 aliphatic rings. The number of hydrogen-bond donors (Lipinski definition) is 2. The molecule has 4 aromatic rings. The summed E-state index contributed by atoms with van der Waals surface area (Å²) in [5, 5.41) is 3.31. The first-order chi connectivity index (χ1) is 16.3. The molecular weight excluding hydrogens is 456 g/mol. The predicted octanol–water partition coefficient (Wildman–Crippen LogP) is 2.78. The molecule has 34 heavy (non-hydrogen) atoms. The van der Waals surface area contributed by atoms with Crippen LogP contribution in [0.1, 0.15) is 11.4 Å². The molecule has 1 aliphatic heterocycles. The summed E-state index contributed by atoms with van der Waals surface area (Å²) >= 11 is 0. The van der Waals surface area contributed by atoms with E-state index in [0.29, 0.717) is 48.9 Å². The quantitative estimate of drug-likeness (QED) is 0.447. The summed E-state index contributed by atoms with van der Waals surface area (Å²) in [4.78, 5) is 25.1. The molecule has 5 rings (SSSR count). The van der Waals surface area contributed by atoms with Crippen molar-refractivity contribution in [2.24, 2.45) is 0 Å². The average molecular weight is 481 g/mol. The summed E-state index contributed by atoms with van der Waals surface area (Å²) < 4.78 is 32.7. The van der Waals surface area contributed by atoms with Gasteiger partial charge in [0.2, 0.25) is 10.0 Å². The molecule has 2 aromatic carbocycles. The lowest BCUT2D eigenvalue weighted by Crippen LogP contribution is -2.49. The van der Waals surface area contributed by atoms with E-state index < -0.39 is 15.8 Å². The molecule has 176 valence electrons. The van der Waals surface area contributed by atoms with Gasteiger partial charge in [-0.3, -0.25) is 4.98 Å². The van der Waals surface area contributed by atoms with Crippen molar-refractivity contribution in [2.75, 3.05) is 36.4 Å². The Morgan fingerprint density at radius 3 is 2.44 bits per heavy atom. The smallest absolute Gasteiger partial charge is 0.408 e. The van der Waals surface area contributed by atoms with E-state index in [4.69, 9.17) is 4.42 Å². The highest BCUT2D eigenvalue weighted by atomic mass is 32.2. The van der Waals surface area contributed by atoms with Crippen LogP contribution in [-0.2, 0) is 10.0 Å². The third-order valence-electron chi connectivity index (χ3n) is 5.74. The summed E-state index contributed by atoms with van der Waals surface area (Å²) in [6.07, 6.45) is 0. The largest absolute Gasteiger partial charge is 0.417 e. The highest BCUT2D eigenvalue weighted by molar-refractivity contribution is 7.89. The molecule has 3 heterocycles.